The molecule has 29 heavy (non-hydrogen) atoms. The summed E-state index contributed by atoms with van der Waals surface area (Å²) < 4.78 is 0. The predicted molar refractivity (Wildman–Crippen MR) is 116 cm³/mol. The second-order valence-corrected chi connectivity index (χ2v) is 7.93. The van der Waals surface area contributed by atoms with Crippen LogP contribution in [0.4, 0.5) is 5.69 Å². The number of piperidine rings is 1. The van der Waals surface area contributed by atoms with Gasteiger partial charge in [0.1, 0.15) is 5.82 Å². The highest BCUT2D eigenvalue weighted by Crippen LogP contribution is 2.23. The highest BCUT2D eigenvalue weighted by molar-refractivity contribution is 6.02. The molecule has 0 bridgehead atoms. The summed E-state index contributed by atoms with van der Waals surface area (Å²) in [6.45, 7) is 2.45. The quantitative estimate of drug-likeness (QED) is 0.505. The average Bonchev–Trinajstić information content (AvgIpc) is 3.19. The van der Waals surface area contributed by atoms with E-state index in [0.717, 1.165) is 59.2 Å². The van der Waals surface area contributed by atoms with E-state index in [1.807, 2.05) is 42.5 Å². The molecule has 1 unspecified atom stereocenters. The smallest absolute Gasteiger partial charge is 0.279 e. The molecule has 1 saturated heterocycles. The molecular weight excluding hydrogens is 360 g/mol. The van der Waals surface area contributed by atoms with Crippen LogP contribution in [0.15, 0.2) is 66.7 Å². The number of nitrogens with zero attached hydrogens (tertiary/aromatic N) is 1. The van der Waals surface area contributed by atoms with Crippen LogP contribution in [-0.2, 0) is 4.79 Å². The second-order valence-electron chi connectivity index (χ2n) is 7.93. The van der Waals surface area contributed by atoms with Crippen molar-refractivity contribution in [3.63, 3.8) is 0 Å². The van der Waals surface area contributed by atoms with Crippen LogP contribution in [0.1, 0.15) is 24.6 Å². The van der Waals surface area contributed by atoms with Gasteiger partial charge in [-0.05, 0) is 36.4 Å². The lowest BCUT2D eigenvalue weighted by atomic mass is 9.97. The zero-order chi connectivity index (χ0) is 19.6. The number of carbonyl (C=O) groups is 1. The van der Waals surface area contributed by atoms with Gasteiger partial charge in [-0.3, -0.25) is 4.79 Å². The molecular formula is C24H25N4O+. The minimum Gasteiger partial charge on any atom is -0.342 e. The SMILES string of the molecule is O=C(C[NH+]1CCC[C@@H](c2nc3ccccc3[nH]2)C1)Nc1cccc2ccccc12. The van der Waals surface area contributed by atoms with Gasteiger partial charge in [0.05, 0.1) is 30.0 Å². The van der Waals surface area contributed by atoms with Crippen LogP contribution in [-0.4, -0.2) is 35.5 Å². The van der Waals surface area contributed by atoms with E-state index in [9.17, 15) is 4.79 Å². The van der Waals surface area contributed by atoms with E-state index in [4.69, 9.17) is 4.98 Å². The Bertz CT molecular complexity index is 1130. The largest absolute Gasteiger partial charge is 0.342 e. The van der Waals surface area contributed by atoms with Crippen LogP contribution in [0.2, 0.25) is 0 Å². The Labute approximate surface area is 169 Å². The molecule has 3 aromatic carbocycles. The Morgan fingerprint density at radius 2 is 1.90 bits per heavy atom. The van der Waals surface area contributed by atoms with Gasteiger partial charge in [0.2, 0.25) is 0 Å². The van der Waals surface area contributed by atoms with E-state index in [0.29, 0.717) is 12.5 Å². The van der Waals surface area contributed by atoms with Gasteiger partial charge in [0.15, 0.2) is 6.54 Å². The van der Waals surface area contributed by atoms with Crippen LogP contribution < -0.4 is 10.2 Å². The van der Waals surface area contributed by atoms with E-state index < -0.39 is 0 Å². The first-order valence-corrected chi connectivity index (χ1v) is 10.3. The molecule has 0 radical (unpaired) electrons. The summed E-state index contributed by atoms with van der Waals surface area (Å²) in [5.41, 5.74) is 2.99. The number of H-pyrrole nitrogens is 1. The van der Waals surface area contributed by atoms with Crippen LogP contribution in [0.3, 0.4) is 0 Å². The Balaban J connectivity index is 1.27. The molecule has 2 atom stereocenters. The third-order valence-electron chi connectivity index (χ3n) is 5.89. The molecule has 0 aliphatic carbocycles. The Kier molecular flexibility index (Phi) is 4.74. The maximum absolute atomic E-state index is 12.8. The van der Waals surface area contributed by atoms with Gasteiger partial charge < -0.3 is 15.2 Å². The minimum absolute atomic E-state index is 0.0709. The van der Waals surface area contributed by atoms with Crippen molar-refractivity contribution in [2.45, 2.75) is 18.8 Å². The first-order valence-electron chi connectivity index (χ1n) is 10.3. The van der Waals surface area contributed by atoms with Gasteiger partial charge in [-0.2, -0.15) is 0 Å². The zero-order valence-electron chi connectivity index (χ0n) is 16.3. The lowest BCUT2D eigenvalue weighted by Gasteiger charge is -2.28. The number of rotatable bonds is 4. The molecule has 3 N–H and O–H groups in total. The molecule has 5 heteroatoms. The van der Waals surface area contributed by atoms with Crippen LogP contribution >= 0.6 is 0 Å². The molecule has 5 rings (SSSR count). The number of aromatic nitrogens is 2. The predicted octanol–water partition coefficient (Wildman–Crippen LogP) is 3.12. The number of hydrogen-bond acceptors (Lipinski definition) is 2. The van der Waals surface area contributed by atoms with Gasteiger partial charge in [-0.1, -0.05) is 48.5 Å². The summed E-state index contributed by atoms with van der Waals surface area (Å²) in [6.07, 6.45) is 2.23. The highest BCUT2D eigenvalue weighted by Gasteiger charge is 2.28. The van der Waals surface area contributed by atoms with Gasteiger partial charge in [-0.25, -0.2) is 4.98 Å². The number of carbonyl (C=O) groups excluding carboxylic acids is 1. The van der Waals surface area contributed by atoms with E-state index in [1.165, 1.54) is 4.90 Å². The number of fused-ring (bicyclic) bond motifs is 2. The Hall–Kier alpha value is -3.18. The minimum atomic E-state index is 0.0709. The number of imidazole rings is 1. The number of hydrogen-bond donors (Lipinski definition) is 3. The van der Waals surface area contributed by atoms with E-state index >= 15 is 0 Å². The number of nitrogens with one attached hydrogen (secondary N) is 3. The number of quaternary nitrogens is 1. The fourth-order valence-corrected chi connectivity index (χ4v) is 4.47. The first kappa shape index (κ1) is 17.9. The van der Waals surface area contributed by atoms with Crippen molar-refractivity contribution >= 4 is 33.4 Å². The first-order chi connectivity index (χ1) is 14.3. The number of anilines is 1. The lowest BCUT2D eigenvalue weighted by Crippen LogP contribution is -3.14. The van der Waals surface area contributed by atoms with E-state index in [2.05, 4.69) is 34.6 Å². The van der Waals surface area contributed by atoms with Crippen molar-refractivity contribution in [3.05, 3.63) is 72.6 Å². The summed E-state index contributed by atoms with van der Waals surface area (Å²) in [4.78, 5) is 22.3. The Morgan fingerprint density at radius 1 is 1.07 bits per heavy atom. The van der Waals surface area contributed by atoms with Crippen molar-refractivity contribution in [2.24, 2.45) is 0 Å². The third-order valence-corrected chi connectivity index (χ3v) is 5.89. The molecule has 4 aromatic rings. The summed E-state index contributed by atoms with van der Waals surface area (Å²) in [7, 11) is 0. The fraction of sp³-hybridized carbons (Fsp3) is 0.250. The van der Waals surface area contributed by atoms with Crippen LogP contribution in [0.5, 0.6) is 0 Å². The van der Waals surface area contributed by atoms with Crippen molar-refractivity contribution in [3.8, 4) is 0 Å². The average molecular weight is 385 g/mol. The van der Waals surface area contributed by atoms with Gasteiger partial charge in [-0.15, -0.1) is 0 Å². The van der Waals surface area contributed by atoms with Gasteiger partial charge in [0, 0.05) is 11.1 Å². The van der Waals surface area contributed by atoms with Crippen molar-refractivity contribution in [1.82, 2.24) is 9.97 Å². The normalized spacial score (nSPS) is 19.4. The zero-order valence-corrected chi connectivity index (χ0v) is 16.3. The van der Waals surface area contributed by atoms with Crippen molar-refractivity contribution in [1.29, 1.82) is 0 Å². The summed E-state index contributed by atoms with van der Waals surface area (Å²) in [5.74, 6) is 1.50. The number of benzene rings is 3. The molecule has 0 spiro atoms. The van der Waals surface area contributed by atoms with E-state index in [-0.39, 0.29) is 5.91 Å². The molecule has 1 aromatic heterocycles. The molecule has 1 amide bonds. The van der Waals surface area contributed by atoms with Crippen LogP contribution in [0, 0.1) is 0 Å². The highest BCUT2D eigenvalue weighted by atomic mass is 16.2. The lowest BCUT2D eigenvalue weighted by molar-refractivity contribution is -0.898. The maximum atomic E-state index is 12.8. The third kappa shape index (κ3) is 3.74. The van der Waals surface area contributed by atoms with Crippen LogP contribution in [0.25, 0.3) is 21.8 Å². The van der Waals surface area contributed by atoms with E-state index in [1.54, 1.807) is 0 Å². The topological polar surface area (TPSA) is 62.2 Å². The summed E-state index contributed by atoms with van der Waals surface area (Å²) in [6, 6.07) is 22.3. The molecule has 2 heterocycles. The number of likely N-dealkylation sites (tertiary alicyclic amines) is 1. The second kappa shape index (κ2) is 7.68. The van der Waals surface area contributed by atoms with Gasteiger partial charge >= 0.3 is 0 Å². The van der Waals surface area contributed by atoms with Gasteiger partial charge in [0.25, 0.3) is 5.91 Å². The number of para-hydroxylation sites is 2. The fourth-order valence-electron chi connectivity index (χ4n) is 4.47. The summed E-state index contributed by atoms with van der Waals surface area (Å²) >= 11 is 0. The molecule has 5 nitrogen and oxygen atoms in total. The van der Waals surface area contributed by atoms with Crippen molar-refractivity contribution in [2.75, 3.05) is 25.0 Å². The monoisotopic (exact) mass is 385 g/mol. The maximum Gasteiger partial charge on any atom is 0.279 e. The Morgan fingerprint density at radius 3 is 2.83 bits per heavy atom. The summed E-state index contributed by atoms with van der Waals surface area (Å²) in [5, 5.41) is 5.35. The number of amides is 1. The molecule has 1 aliphatic rings. The molecule has 0 saturated carbocycles. The molecule has 1 fully saturated rings. The number of aromatic amines is 1. The standard InChI is InChI=1S/C24H24N4O/c29-23(25-20-13-5-8-17-7-1-2-10-19(17)20)16-28-14-6-9-18(15-28)24-26-21-11-3-4-12-22(21)27-24/h1-5,7-8,10-13,18H,6,9,14-16H2,(H,25,29)(H,26,27)/p+1/t18-/m1/s1. The molecule has 1 aliphatic heterocycles. The molecule has 146 valence electrons. The van der Waals surface area contributed by atoms with Crippen molar-refractivity contribution < 1.29 is 9.69 Å².